The molecule has 1 rings (SSSR count). The number of thiocarbonyl (C=S) groups is 1. The monoisotopic (exact) mass is 271 g/mol. The first-order valence-electron chi connectivity index (χ1n) is 5.32. The standard InChI is InChI=1S/C11H17N3OS2/c1-8(17(2)15)3-5-13-10-7-9(11(12)16)4-6-14-10/h4,6-8H,3,5H2,1-2H3,(H2,12,16)(H,13,14). The van der Waals surface area contributed by atoms with Gasteiger partial charge >= 0.3 is 0 Å². The molecule has 2 atom stereocenters. The van der Waals surface area contributed by atoms with E-state index in [1.54, 1.807) is 18.5 Å². The normalized spacial score (nSPS) is 14.0. The molecular weight excluding hydrogens is 254 g/mol. The summed E-state index contributed by atoms with van der Waals surface area (Å²) in [5.41, 5.74) is 6.33. The second-order valence-electron chi connectivity index (χ2n) is 3.82. The number of rotatable bonds is 6. The van der Waals surface area contributed by atoms with Crippen molar-refractivity contribution in [1.82, 2.24) is 4.98 Å². The molecule has 0 bridgehead atoms. The summed E-state index contributed by atoms with van der Waals surface area (Å²) in [6, 6.07) is 3.59. The Morgan fingerprint density at radius 2 is 2.41 bits per heavy atom. The van der Waals surface area contributed by atoms with Gasteiger partial charge < -0.3 is 11.1 Å². The molecule has 0 spiro atoms. The van der Waals surface area contributed by atoms with Crippen LogP contribution in [0.1, 0.15) is 18.9 Å². The van der Waals surface area contributed by atoms with E-state index in [4.69, 9.17) is 18.0 Å². The molecule has 0 aliphatic heterocycles. The van der Waals surface area contributed by atoms with Crippen molar-refractivity contribution >= 4 is 33.8 Å². The van der Waals surface area contributed by atoms with Gasteiger partial charge in [0.2, 0.25) is 0 Å². The van der Waals surface area contributed by atoms with Gasteiger partial charge in [-0.15, -0.1) is 0 Å². The second-order valence-corrected chi connectivity index (χ2v) is 6.06. The van der Waals surface area contributed by atoms with Crippen LogP contribution in [0.2, 0.25) is 0 Å². The SMILES string of the molecule is CC(CCNc1cc(C(N)=S)ccn1)S(C)=O. The van der Waals surface area contributed by atoms with E-state index in [-0.39, 0.29) is 5.25 Å². The molecule has 6 heteroatoms. The molecule has 0 saturated carbocycles. The third-order valence-corrected chi connectivity index (χ3v) is 4.07. The second kappa shape index (κ2) is 6.66. The molecule has 17 heavy (non-hydrogen) atoms. The lowest BCUT2D eigenvalue weighted by molar-refractivity contribution is 0.672. The first-order chi connectivity index (χ1) is 8.00. The molecule has 0 aliphatic carbocycles. The minimum Gasteiger partial charge on any atom is -0.389 e. The van der Waals surface area contributed by atoms with Crippen molar-refractivity contribution in [2.24, 2.45) is 5.73 Å². The predicted molar refractivity (Wildman–Crippen MR) is 76.8 cm³/mol. The van der Waals surface area contributed by atoms with Crippen LogP contribution in [0.5, 0.6) is 0 Å². The van der Waals surface area contributed by atoms with Crippen molar-refractivity contribution in [3.05, 3.63) is 23.9 Å². The summed E-state index contributed by atoms with van der Waals surface area (Å²) in [6.07, 6.45) is 4.22. The molecule has 1 aromatic rings. The van der Waals surface area contributed by atoms with E-state index in [0.29, 0.717) is 4.99 Å². The average molecular weight is 271 g/mol. The lowest BCUT2D eigenvalue weighted by Gasteiger charge is -2.10. The molecule has 4 nitrogen and oxygen atoms in total. The first kappa shape index (κ1) is 14.1. The Labute approximate surface area is 109 Å². The Morgan fingerprint density at radius 1 is 1.71 bits per heavy atom. The molecule has 0 saturated heterocycles. The molecule has 0 aliphatic rings. The number of aromatic nitrogens is 1. The van der Waals surface area contributed by atoms with Crippen LogP contribution < -0.4 is 11.1 Å². The van der Waals surface area contributed by atoms with E-state index in [9.17, 15) is 4.21 Å². The van der Waals surface area contributed by atoms with Crippen LogP contribution in [0.25, 0.3) is 0 Å². The fraction of sp³-hybridized carbons (Fsp3) is 0.455. The summed E-state index contributed by atoms with van der Waals surface area (Å²) in [4.78, 5) is 4.52. The third-order valence-electron chi connectivity index (χ3n) is 2.47. The van der Waals surface area contributed by atoms with Gasteiger partial charge in [-0.2, -0.15) is 0 Å². The zero-order valence-corrected chi connectivity index (χ0v) is 11.6. The van der Waals surface area contributed by atoms with Crippen LogP contribution in [0.4, 0.5) is 5.82 Å². The topological polar surface area (TPSA) is 68.0 Å². The van der Waals surface area contributed by atoms with Gasteiger partial charge in [0.15, 0.2) is 0 Å². The molecule has 0 amide bonds. The van der Waals surface area contributed by atoms with Gasteiger partial charge in [-0.3, -0.25) is 4.21 Å². The summed E-state index contributed by atoms with van der Waals surface area (Å²) in [7, 11) is -0.781. The highest BCUT2D eigenvalue weighted by molar-refractivity contribution is 7.84. The van der Waals surface area contributed by atoms with E-state index in [1.807, 2.05) is 13.0 Å². The molecule has 3 N–H and O–H groups in total. The van der Waals surface area contributed by atoms with Crippen molar-refractivity contribution in [2.45, 2.75) is 18.6 Å². The Kier molecular flexibility index (Phi) is 5.50. The van der Waals surface area contributed by atoms with Crippen LogP contribution in [0.3, 0.4) is 0 Å². The molecule has 2 unspecified atom stereocenters. The fourth-order valence-corrected chi connectivity index (χ4v) is 1.83. The Morgan fingerprint density at radius 3 is 3.00 bits per heavy atom. The first-order valence-corrected chi connectivity index (χ1v) is 7.35. The van der Waals surface area contributed by atoms with E-state index >= 15 is 0 Å². The van der Waals surface area contributed by atoms with Gasteiger partial charge in [0.1, 0.15) is 10.8 Å². The molecule has 0 fully saturated rings. The molecule has 0 radical (unpaired) electrons. The highest BCUT2D eigenvalue weighted by atomic mass is 32.2. The maximum atomic E-state index is 11.2. The van der Waals surface area contributed by atoms with Crippen molar-refractivity contribution in [3.63, 3.8) is 0 Å². The van der Waals surface area contributed by atoms with Crippen LogP contribution >= 0.6 is 12.2 Å². The molecule has 1 aromatic heterocycles. The van der Waals surface area contributed by atoms with Crippen molar-refractivity contribution in [3.8, 4) is 0 Å². The quantitative estimate of drug-likeness (QED) is 0.763. The number of pyridine rings is 1. The summed E-state index contributed by atoms with van der Waals surface area (Å²) in [6.45, 7) is 2.70. The number of nitrogens with two attached hydrogens (primary N) is 1. The van der Waals surface area contributed by atoms with Crippen LogP contribution in [-0.2, 0) is 10.8 Å². The Balaban J connectivity index is 2.49. The van der Waals surface area contributed by atoms with E-state index in [2.05, 4.69) is 10.3 Å². The molecule has 1 heterocycles. The fourth-order valence-electron chi connectivity index (χ4n) is 1.25. The molecule has 94 valence electrons. The smallest absolute Gasteiger partial charge is 0.126 e. The molecular formula is C11H17N3OS2. The number of nitrogens with zero attached hydrogens (tertiary/aromatic N) is 1. The lowest BCUT2D eigenvalue weighted by atomic mass is 10.2. The summed E-state index contributed by atoms with van der Waals surface area (Å²) >= 11 is 4.89. The van der Waals surface area contributed by atoms with Gasteiger partial charge in [-0.25, -0.2) is 4.98 Å². The van der Waals surface area contributed by atoms with Crippen LogP contribution in [0, 0.1) is 0 Å². The average Bonchev–Trinajstić information content (AvgIpc) is 2.29. The lowest BCUT2D eigenvalue weighted by Crippen LogP contribution is -2.16. The van der Waals surface area contributed by atoms with E-state index in [1.165, 1.54) is 0 Å². The highest BCUT2D eigenvalue weighted by Crippen LogP contribution is 2.07. The minimum atomic E-state index is -0.781. The highest BCUT2D eigenvalue weighted by Gasteiger charge is 2.05. The van der Waals surface area contributed by atoms with Crippen molar-refractivity contribution in [2.75, 3.05) is 18.1 Å². The maximum Gasteiger partial charge on any atom is 0.126 e. The van der Waals surface area contributed by atoms with Gasteiger partial charge in [0.05, 0.1) is 0 Å². The number of hydrogen-bond donors (Lipinski definition) is 2. The van der Waals surface area contributed by atoms with E-state index in [0.717, 1.165) is 24.3 Å². The van der Waals surface area contributed by atoms with Gasteiger partial charge in [0, 0.05) is 40.6 Å². The van der Waals surface area contributed by atoms with Gasteiger partial charge in [-0.1, -0.05) is 19.1 Å². The number of hydrogen-bond acceptors (Lipinski definition) is 4. The summed E-state index contributed by atoms with van der Waals surface area (Å²) in [5.74, 6) is 0.740. The predicted octanol–water partition coefficient (Wildman–Crippen LogP) is 1.28. The van der Waals surface area contributed by atoms with Gasteiger partial charge in [0.25, 0.3) is 0 Å². The summed E-state index contributed by atoms with van der Waals surface area (Å²) < 4.78 is 11.2. The van der Waals surface area contributed by atoms with Gasteiger partial charge in [-0.05, 0) is 18.6 Å². The summed E-state index contributed by atoms with van der Waals surface area (Å²) in [5, 5.41) is 3.35. The maximum absolute atomic E-state index is 11.2. The number of anilines is 1. The third kappa shape index (κ3) is 4.79. The largest absolute Gasteiger partial charge is 0.389 e. The molecule has 0 aromatic carbocycles. The van der Waals surface area contributed by atoms with E-state index < -0.39 is 10.8 Å². The van der Waals surface area contributed by atoms with Crippen molar-refractivity contribution in [1.29, 1.82) is 0 Å². The van der Waals surface area contributed by atoms with Crippen LogP contribution in [-0.4, -0.2) is 32.2 Å². The van der Waals surface area contributed by atoms with Crippen molar-refractivity contribution < 1.29 is 4.21 Å². The zero-order valence-electron chi connectivity index (χ0n) is 9.97. The minimum absolute atomic E-state index is 0.182. The van der Waals surface area contributed by atoms with Crippen LogP contribution in [0.15, 0.2) is 18.3 Å². The zero-order chi connectivity index (χ0) is 12.8. The Bertz CT molecular complexity index is 423. The Hall–Kier alpha value is -1.01. The number of nitrogens with one attached hydrogen (secondary N) is 1.